The maximum Gasteiger partial charge on any atom is 0.257 e. The fourth-order valence-corrected chi connectivity index (χ4v) is 3.14. The highest BCUT2D eigenvalue weighted by molar-refractivity contribution is 5.93. The summed E-state index contributed by atoms with van der Waals surface area (Å²) >= 11 is 0. The molecule has 0 aliphatic carbocycles. The average Bonchev–Trinajstić information content (AvgIpc) is 3.03. The number of hydrogen-bond donors (Lipinski definition) is 1. The Bertz CT molecular complexity index is 648. The predicted octanol–water partition coefficient (Wildman–Crippen LogP) is 2.55. The number of amides is 1. The van der Waals surface area contributed by atoms with Gasteiger partial charge in [-0.3, -0.25) is 9.48 Å². The van der Waals surface area contributed by atoms with Gasteiger partial charge < -0.3 is 10.6 Å². The Labute approximate surface area is 149 Å². The molecule has 1 atom stereocenters. The number of likely N-dealkylation sites (tertiary alicyclic amines) is 1. The van der Waals surface area contributed by atoms with Crippen LogP contribution >= 0.6 is 12.4 Å². The van der Waals surface area contributed by atoms with E-state index in [9.17, 15) is 4.79 Å². The number of nitrogens with zero attached hydrogens (tertiary/aromatic N) is 3. The zero-order valence-electron chi connectivity index (χ0n) is 14.0. The van der Waals surface area contributed by atoms with E-state index in [0.717, 1.165) is 25.9 Å². The first kappa shape index (κ1) is 18.5. The van der Waals surface area contributed by atoms with Crippen LogP contribution in [0.2, 0.25) is 0 Å². The van der Waals surface area contributed by atoms with Crippen LogP contribution in [0.4, 0.5) is 0 Å². The first-order valence-corrected chi connectivity index (χ1v) is 8.24. The molecular weight excluding hydrogens is 324 g/mol. The summed E-state index contributed by atoms with van der Waals surface area (Å²) < 4.78 is 1.82. The van der Waals surface area contributed by atoms with E-state index >= 15 is 0 Å². The molecule has 2 heterocycles. The zero-order valence-corrected chi connectivity index (χ0v) is 14.8. The lowest BCUT2D eigenvalue weighted by atomic mass is 9.91. The van der Waals surface area contributed by atoms with Gasteiger partial charge in [0, 0.05) is 25.3 Å². The third-order valence-electron chi connectivity index (χ3n) is 4.64. The van der Waals surface area contributed by atoms with Crippen molar-refractivity contribution in [1.82, 2.24) is 14.7 Å². The number of carbonyl (C=O) groups excluding carboxylic acids is 1. The average molecular weight is 349 g/mol. The lowest BCUT2D eigenvalue weighted by Crippen LogP contribution is -2.42. The van der Waals surface area contributed by atoms with Crippen molar-refractivity contribution in [2.24, 2.45) is 11.7 Å². The second kappa shape index (κ2) is 8.31. The number of piperidine rings is 1. The van der Waals surface area contributed by atoms with E-state index in [-0.39, 0.29) is 24.4 Å². The monoisotopic (exact) mass is 348 g/mol. The number of nitrogens with two attached hydrogens (primary N) is 1. The molecule has 1 saturated heterocycles. The fourth-order valence-electron chi connectivity index (χ4n) is 3.14. The molecule has 3 rings (SSSR count). The molecule has 0 spiro atoms. The van der Waals surface area contributed by atoms with Crippen LogP contribution in [-0.4, -0.2) is 39.7 Å². The van der Waals surface area contributed by atoms with Gasteiger partial charge in [0.05, 0.1) is 18.3 Å². The summed E-state index contributed by atoms with van der Waals surface area (Å²) in [7, 11) is 0. The quantitative estimate of drug-likeness (QED) is 0.923. The lowest BCUT2D eigenvalue weighted by molar-refractivity contribution is 0.0681. The van der Waals surface area contributed by atoms with E-state index in [0.29, 0.717) is 18.0 Å². The molecular formula is C18H25ClN4O. The molecule has 0 saturated carbocycles. The van der Waals surface area contributed by atoms with Gasteiger partial charge in [-0.1, -0.05) is 30.3 Å². The lowest BCUT2D eigenvalue weighted by Gasteiger charge is -2.33. The summed E-state index contributed by atoms with van der Waals surface area (Å²) in [6.45, 7) is 4.31. The standard InChI is InChI=1S/C18H24N4O.ClH/c1-14(19)16-7-9-21(10-8-16)18(23)17-11-20-22(13-17)12-15-5-3-2-4-6-15;/h2-6,11,13-14,16H,7-10,12,19H2,1H3;1H. The van der Waals surface area contributed by atoms with E-state index in [2.05, 4.69) is 24.2 Å². The van der Waals surface area contributed by atoms with Crippen molar-refractivity contribution in [3.63, 3.8) is 0 Å². The third kappa shape index (κ3) is 4.36. The SMILES string of the molecule is CC(N)C1CCN(C(=O)c2cnn(Cc3ccccc3)c2)CC1.Cl. The Morgan fingerprint density at radius 1 is 1.29 bits per heavy atom. The van der Waals surface area contributed by atoms with Crippen molar-refractivity contribution >= 4 is 18.3 Å². The smallest absolute Gasteiger partial charge is 0.257 e. The van der Waals surface area contributed by atoms with Crippen LogP contribution in [-0.2, 0) is 6.54 Å². The highest BCUT2D eigenvalue weighted by Gasteiger charge is 2.26. The van der Waals surface area contributed by atoms with Crippen LogP contribution in [0.15, 0.2) is 42.7 Å². The van der Waals surface area contributed by atoms with E-state index < -0.39 is 0 Å². The van der Waals surface area contributed by atoms with Crippen LogP contribution in [0.5, 0.6) is 0 Å². The normalized spacial score (nSPS) is 16.5. The zero-order chi connectivity index (χ0) is 16.2. The van der Waals surface area contributed by atoms with Crippen molar-refractivity contribution < 1.29 is 4.79 Å². The maximum atomic E-state index is 12.6. The molecule has 1 unspecified atom stereocenters. The van der Waals surface area contributed by atoms with Gasteiger partial charge in [0.15, 0.2) is 0 Å². The third-order valence-corrected chi connectivity index (χ3v) is 4.64. The van der Waals surface area contributed by atoms with Gasteiger partial charge in [-0.15, -0.1) is 12.4 Å². The molecule has 2 N–H and O–H groups in total. The van der Waals surface area contributed by atoms with Crippen molar-refractivity contribution in [2.75, 3.05) is 13.1 Å². The van der Waals surface area contributed by atoms with E-state index in [1.807, 2.05) is 34.0 Å². The molecule has 1 aliphatic heterocycles. The summed E-state index contributed by atoms with van der Waals surface area (Å²) in [5.74, 6) is 0.604. The first-order valence-electron chi connectivity index (χ1n) is 8.24. The molecule has 130 valence electrons. The molecule has 1 amide bonds. The number of aromatic nitrogens is 2. The molecule has 2 aromatic rings. The molecule has 1 fully saturated rings. The molecule has 1 aromatic heterocycles. The van der Waals surface area contributed by atoms with Crippen LogP contribution < -0.4 is 5.73 Å². The minimum Gasteiger partial charge on any atom is -0.339 e. The highest BCUT2D eigenvalue weighted by atomic mass is 35.5. The molecule has 1 aromatic carbocycles. The molecule has 24 heavy (non-hydrogen) atoms. The first-order chi connectivity index (χ1) is 11.1. The molecule has 6 heteroatoms. The van der Waals surface area contributed by atoms with Gasteiger partial charge >= 0.3 is 0 Å². The minimum absolute atomic E-state index is 0. The van der Waals surface area contributed by atoms with E-state index in [1.165, 1.54) is 5.56 Å². The Balaban J connectivity index is 0.00000208. The van der Waals surface area contributed by atoms with Gasteiger partial charge in [0.25, 0.3) is 5.91 Å². The number of carbonyl (C=O) groups is 1. The summed E-state index contributed by atoms with van der Waals surface area (Å²) in [5, 5.41) is 4.32. The number of halogens is 1. The van der Waals surface area contributed by atoms with Crippen LogP contribution in [0, 0.1) is 5.92 Å². The number of hydrogen-bond acceptors (Lipinski definition) is 3. The topological polar surface area (TPSA) is 64.2 Å². The van der Waals surface area contributed by atoms with Gasteiger partial charge in [-0.25, -0.2) is 0 Å². The van der Waals surface area contributed by atoms with Crippen LogP contribution in [0.1, 0.15) is 35.7 Å². The highest BCUT2D eigenvalue weighted by Crippen LogP contribution is 2.21. The Morgan fingerprint density at radius 3 is 2.58 bits per heavy atom. The molecule has 1 aliphatic rings. The second-order valence-electron chi connectivity index (χ2n) is 6.40. The van der Waals surface area contributed by atoms with Gasteiger partial charge in [0.1, 0.15) is 0 Å². The second-order valence-corrected chi connectivity index (χ2v) is 6.40. The van der Waals surface area contributed by atoms with Crippen molar-refractivity contribution in [3.05, 3.63) is 53.9 Å². The Morgan fingerprint density at radius 2 is 1.96 bits per heavy atom. The maximum absolute atomic E-state index is 12.6. The summed E-state index contributed by atoms with van der Waals surface area (Å²) in [4.78, 5) is 14.5. The van der Waals surface area contributed by atoms with Crippen LogP contribution in [0.3, 0.4) is 0 Å². The van der Waals surface area contributed by atoms with Crippen molar-refractivity contribution in [3.8, 4) is 0 Å². The Hall–Kier alpha value is -1.85. The van der Waals surface area contributed by atoms with E-state index in [4.69, 9.17) is 5.73 Å². The van der Waals surface area contributed by atoms with E-state index in [1.54, 1.807) is 6.20 Å². The number of rotatable bonds is 4. The van der Waals surface area contributed by atoms with Gasteiger partial charge in [-0.05, 0) is 31.2 Å². The fraction of sp³-hybridized carbons (Fsp3) is 0.444. The van der Waals surface area contributed by atoms with Crippen LogP contribution in [0.25, 0.3) is 0 Å². The largest absolute Gasteiger partial charge is 0.339 e. The molecule has 5 nitrogen and oxygen atoms in total. The Kier molecular flexibility index (Phi) is 6.40. The summed E-state index contributed by atoms with van der Waals surface area (Å²) in [5.41, 5.74) is 7.80. The predicted molar refractivity (Wildman–Crippen MR) is 97.3 cm³/mol. The number of benzene rings is 1. The summed E-state index contributed by atoms with van der Waals surface area (Å²) in [6.07, 6.45) is 5.49. The van der Waals surface area contributed by atoms with Crippen molar-refractivity contribution in [1.29, 1.82) is 0 Å². The minimum atomic E-state index is 0. The molecule has 0 bridgehead atoms. The summed E-state index contributed by atoms with van der Waals surface area (Å²) in [6, 6.07) is 10.3. The molecule has 0 radical (unpaired) electrons. The van der Waals surface area contributed by atoms with Gasteiger partial charge in [0.2, 0.25) is 0 Å². The van der Waals surface area contributed by atoms with Crippen molar-refractivity contribution in [2.45, 2.75) is 32.4 Å². The van der Waals surface area contributed by atoms with Gasteiger partial charge in [-0.2, -0.15) is 5.10 Å².